The van der Waals surface area contributed by atoms with Crippen molar-refractivity contribution >= 4 is 5.97 Å². The van der Waals surface area contributed by atoms with Crippen LogP contribution in [0, 0.1) is 0 Å². The Balaban J connectivity index is 2.56. The lowest BCUT2D eigenvalue weighted by Gasteiger charge is -2.21. The fourth-order valence-corrected chi connectivity index (χ4v) is 1.76. The number of methoxy groups -OCH3 is 2. The molecule has 106 valence electrons. The second-order valence-corrected chi connectivity index (χ2v) is 4.57. The first-order valence-corrected chi connectivity index (χ1v) is 6.08. The molecule has 5 nitrogen and oxygen atoms in total. The van der Waals surface area contributed by atoms with Gasteiger partial charge in [0.05, 0.1) is 13.7 Å². The Hall–Kier alpha value is -1.43. The molecule has 0 amide bonds. The van der Waals surface area contributed by atoms with E-state index in [-0.39, 0.29) is 6.54 Å². The first-order chi connectivity index (χ1) is 9.01. The minimum Gasteiger partial charge on any atom is -0.467 e. The second-order valence-electron chi connectivity index (χ2n) is 4.57. The van der Waals surface area contributed by atoms with Crippen molar-refractivity contribution in [3.8, 4) is 0 Å². The van der Waals surface area contributed by atoms with Gasteiger partial charge in [0.15, 0.2) is 5.60 Å². The molecule has 0 saturated heterocycles. The normalized spacial score (nSPS) is 13.9. The van der Waals surface area contributed by atoms with Crippen LogP contribution in [0.4, 0.5) is 0 Å². The molecule has 1 aromatic rings. The van der Waals surface area contributed by atoms with Gasteiger partial charge in [-0.2, -0.15) is 0 Å². The molecular weight excluding hydrogens is 246 g/mol. The number of carbonyl (C=O) groups is 1. The van der Waals surface area contributed by atoms with Gasteiger partial charge >= 0.3 is 5.97 Å². The summed E-state index contributed by atoms with van der Waals surface area (Å²) in [5.41, 5.74) is 0.630. The second kappa shape index (κ2) is 7.23. The van der Waals surface area contributed by atoms with E-state index in [1.165, 1.54) is 14.0 Å². The number of esters is 1. The molecule has 19 heavy (non-hydrogen) atoms. The minimum absolute atomic E-state index is 0.126. The lowest BCUT2D eigenvalue weighted by atomic mass is 10.1. The molecule has 5 heteroatoms. The highest BCUT2D eigenvalue weighted by atomic mass is 16.5. The van der Waals surface area contributed by atoms with Crippen LogP contribution in [0.2, 0.25) is 0 Å². The largest absolute Gasteiger partial charge is 0.467 e. The van der Waals surface area contributed by atoms with E-state index >= 15 is 0 Å². The van der Waals surface area contributed by atoms with Gasteiger partial charge in [0.2, 0.25) is 0 Å². The Labute approximate surface area is 113 Å². The lowest BCUT2D eigenvalue weighted by Crippen LogP contribution is -2.45. The maximum atomic E-state index is 11.3. The van der Waals surface area contributed by atoms with E-state index in [9.17, 15) is 9.90 Å². The summed E-state index contributed by atoms with van der Waals surface area (Å²) in [5.74, 6) is -0.648. The number of ether oxygens (including phenoxy) is 2. The SMILES string of the molecule is COCc1ccccc1CNCC(C)(O)C(=O)OC. The first kappa shape index (κ1) is 15.6. The number of rotatable bonds is 7. The van der Waals surface area contributed by atoms with Crippen molar-refractivity contribution in [3.05, 3.63) is 35.4 Å². The highest BCUT2D eigenvalue weighted by Gasteiger charge is 2.30. The molecule has 0 bridgehead atoms. The highest BCUT2D eigenvalue weighted by Crippen LogP contribution is 2.10. The third-order valence-corrected chi connectivity index (χ3v) is 2.83. The molecule has 1 aromatic carbocycles. The highest BCUT2D eigenvalue weighted by molar-refractivity contribution is 5.78. The van der Waals surface area contributed by atoms with Crippen LogP contribution in [0.1, 0.15) is 18.1 Å². The number of hydrogen-bond donors (Lipinski definition) is 2. The molecule has 1 unspecified atom stereocenters. The van der Waals surface area contributed by atoms with Gasteiger partial charge in [0.25, 0.3) is 0 Å². The van der Waals surface area contributed by atoms with Crippen LogP contribution >= 0.6 is 0 Å². The van der Waals surface area contributed by atoms with Crippen LogP contribution in [0.3, 0.4) is 0 Å². The van der Waals surface area contributed by atoms with Crippen molar-refractivity contribution in [3.63, 3.8) is 0 Å². The summed E-state index contributed by atoms with van der Waals surface area (Å²) in [6.07, 6.45) is 0. The van der Waals surface area contributed by atoms with Gasteiger partial charge in [-0.3, -0.25) is 0 Å². The summed E-state index contributed by atoms with van der Waals surface area (Å²) >= 11 is 0. The van der Waals surface area contributed by atoms with E-state index in [2.05, 4.69) is 10.1 Å². The maximum absolute atomic E-state index is 11.3. The molecule has 0 aliphatic rings. The third-order valence-electron chi connectivity index (χ3n) is 2.83. The van der Waals surface area contributed by atoms with Crippen molar-refractivity contribution in [2.75, 3.05) is 20.8 Å². The molecule has 0 saturated carbocycles. The molecule has 1 rings (SSSR count). The van der Waals surface area contributed by atoms with E-state index < -0.39 is 11.6 Å². The average molecular weight is 267 g/mol. The third kappa shape index (κ3) is 4.63. The fraction of sp³-hybridized carbons (Fsp3) is 0.500. The number of hydrogen-bond acceptors (Lipinski definition) is 5. The quantitative estimate of drug-likeness (QED) is 0.717. The zero-order valence-corrected chi connectivity index (χ0v) is 11.6. The zero-order chi connectivity index (χ0) is 14.3. The van der Waals surface area contributed by atoms with Gasteiger partial charge in [-0.15, -0.1) is 0 Å². The Morgan fingerprint density at radius 2 is 1.95 bits per heavy atom. The van der Waals surface area contributed by atoms with Gasteiger partial charge < -0.3 is 19.9 Å². The molecule has 0 aromatic heterocycles. The van der Waals surface area contributed by atoms with Gasteiger partial charge in [0, 0.05) is 20.2 Å². The van der Waals surface area contributed by atoms with Gasteiger partial charge in [-0.05, 0) is 18.1 Å². The molecule has 2 N–H and O–H groups in total. The smallest absolute Gasteiger partial charge is 0.338 e. The Morgan fingerprint density at radius 1 is 1.32 bits per heavy atom. The number of benzene rings is 1. The minimum atomic E-state index is -1.52. The molecule has 0 fully saturated rings. The summed E-state index contributed by atoms with van der Waals surface area (Å²) < 4.78 is 9.65. The van der Waals surface area contributed by atoms with Crippen LogP contribution in [-0.4, -0.2) is 37.4 Å². The topological polar surface area (TPSA) is 67.8 Å². The Morgan fingerprint density at radius 3 is 2.53 bits per heavy atom. The standard InChI is InChI=1S/C14H21NO4/c1-14(17,13(16)19-3)10-15-8-11-6-4-5-7-12(11)9-18-2/h4-7,15,17H,8-10H2,1-3H3. The molecule has 0 radical (unpaired) electrons. The zero-order valence-electron chi connectivity index (χ0n) is 11.6. The summed E-state index contributed by atoms with van der Waals surface area (Å²) in [6, 6.07) is 7.85. The molecule has 0 spiro atoms. The van der Waals surface area contributed by atoms with Gasteiger partial charge in [-0.25, -0.2) is 4.79 Å². The molecule has 0 aliphatic heterocycles. The van der Waals surface area contributed by atoms with Crippen molar-refractivity contribution in [2.45, 2.75) is 25.7 Å². The van der Waals surface area contributed by atoms with Crippen LogP contribution in [0.5, 0.6) is 0 Å². The van der Waals surface area contributed by atoms with E-state index in [0.29, 0.717) is 13.2 Å². The molecule has 0 heterocycles. The summed E-state index contributed by atoms with van der Waals surface area (Å²) in [6.45, 7) is 2.63. The maximum Gasteiger partial charge on any atom is 0.338 e. The van der Waals surface area contributed by atoms with Crippen molar-refractivity contribution < 1.29 is 19.4 Å². The van der Waals surface area contributed by atoms with Crippen LogP contribution in [-0.2, 0) is 27.4 Å². The summed E-state index contributed by atoms with van der Waals surface area (Å²) in [5, 5.41) is 12.9. The average Bonchev–Trinajstić information content (AvgIpc) is 2.40. The molecule has 0 aliphatic carbocycles. The van der Waals surface area contributed by atoms with E-state index in [1.807, 2.05) is 24.3 Å². The van der Waals surface area contributed by atoms with Crippen molar-refractivity contribution in [1.82, 2.24) is 5.32 Å². The predicted molar refractivity (Wildman–Crippen MR) is 71.5 cm³/mol. The number of aliphatic hydroxyl groups is 1. The van der Waals surface area contributed by atoms with Crippen LogP contribution in [0.25, 0.3) is 0 Å². The number of nitrogens with one attached hydrogen (secondary N) is 1. The summed E-state index contributed by atoms with van der Waals surface area (Å²) in [4.78, 5) is 11.3. The fourth-order valence-electron chi connectivity index (χ4n) is 1.76. The summed E-state index contributed by atoms with van der Waals surface area (Å²) in [7, 11) is 2.90. The van der Waals surface area contributed by atoms with Crippen LogP contribution in [0.15, 0.2) is 24.3 Å². The van der Waals surface area contributed by atoms with Gasteiger partial charge in [0.1, 0.15) is 0 Å². The van der Waals surface area contributed by atoms with Crippen molar-refractivity contribution in [2.24, 2.45) is 0 Å². The van der Waals surface area contributed by atoms with Crippen LogP contribution < -0.4 is 5.32 Å². The van der Waals surface area contributed by atoms with E-state index in [0.717, 1.165) is 11.1 Å². The molecular formula is C14H21NO4. The first-order valence-electron chi connectivity index (χ1n) is 6.08. The Bertz CT molecular complexity index is 418. The van der Waals surface area contributed by atoms with Gasteiger partial charge in [-0.1, -0.05) is 24.3 Å². The predicted octanol–water partition coefficient (Wildman–Crippen LogP) is 0.847. The molecule has 1 atom stereocenters. The van der Waals surface area contributed by atoms with E-state index in [1.54, 1.807) is 7.11 Å². The lowest BCUT2D eigenvalue weighted by molar-refractivity contribution is -0.159. The van der Waals surface area contributed by atoms with Crippen molar-refractivity contribution in [1.29, 1.82) is 0 Å². The monoisotopic (exact) mass is 267 g/mol. The Kier molecular flexibility index (Phi) is 5.95. The van der Waals surface area contributed by atoms with E-state index in [4.69, 9.17) is 4.74 Å². The number of carbonyl (C=O) groups excluding carboxylic acids is 1.